The minimum Gasteiger partial charge on any atom is -0.336 e. The highest BCUT2D eigenvalue weighted by molar-refractivity contribution is 6.00. The summed E-state index contributed by atoms with van der Waals surface area (Å²) in [5, 5.41) is 5.75. The van der Waals surface area contributed by atoms with Crippen LogP contribution in [0.3, 0.4) is 0 Å². The summed E-state index contributed by atoms with van der Waals surface area (Å²) in [4.78, 5) is 32.1. The Hall–Kier alpha value is -3.67. The van der Waals surface area contributed by atoms with Crippen molar-refractivity contribution in [2.75, 3.05) is 18.4 Å². The number of nitrogens with one attached hydrogen (secondary N) is 2. The van der Waals surface area contributed by atoms with Gasteiger partial charge in [-0.15, -0.1) is 0 Å². The third kappa shape index (κ3) is 5.09. The number of nitrogens with zero attached hydrogens (tertiary/aromatic N) is 2. The Bertz CT molecular complexity index is 1020. The van der Waals surface area contributed by atoms with Gasteiger partial charge in [0.15, 0.2) is 0 Å². The Morgan fingerprint density at radius 3 is 2.52 bits per heavy atom. The predicted octanol–water partition coefficient (Wildman–Crippen LogP) is 4.57. The molecule has 0 aliphatic carbocycles. The number of hydrogen-bond donors (Lipinski definition) is 2. The van der Waals surface area contributed by atoms with Gasteiger partial charge in [-0.2, -0.15) is 0 Å². The number of piperidine rings is 1. The van der Waals surface area contributed by atoms with Gasteiger partial charge in [-0.05, 0) is 49.6 Å². The molecule has 0 saturated carbocycles. The fourth-order valence-corrected chi connectivity index (χ4v) is 3.96. The van der Waals surface area contributed by atoms with E-state index in [0.717, 1.165) is 36.2 Å². The summed E-state index contributed by atoms with van der Waals surface area (Å²) in [6, 6.07) is 22.3. The zero-order valence-electron chi connectivity index (χ0n) is 17.3. The first-order valence-electron chi connectivity index (χ1n) is 10.6. The summed E-state index contributed by atoms with van der Waals surface area (Å²) >= 11 is 0. The summed E-state index contributed by atoms with van der Waals surface area (Å²) in [5.74, 6) is -0.0174. The van der Waals surface area contributed by atoms with E-state index in [0.29, 0.717) is 18.7 Å². The zero-order valence-corrected chi connectivity index (χ0v) is 17.3. The van der Waals surface area contributed by atoms with Gasteiger partial charge in [0.1, 0.15) is 0 Å². The van der Waals surface area contributed by atoms with Gasteiger partial charge in [-0.3, -0.25) is 9.78 Å². The Labute approximate surface area is 182 Å². The molecule has 1 fully saturated rings. The molecule has 0 spiro atoms. The zero-order chi connectivity index (χ0) is 21.5. The molecule has 0 radical (unpaired) electrons. The lowest BCUT2D eigenvalue weighted by molar-refractivity contribution is 0.0616. The van der Waals surface area contributed by atoms with Crippen LogP contribution in [0.5, 0.6) is 0 Å². The highest BCUT2D eigenvalue weighted by Gasteiger charge is 2.29. The van der Waals surface area contributed by atoms with Crippen LogP contribution in [-0.2, 0) is 0 Å². The summed E-state index contributed by atoms with van der Waals surface area (Å²) in [5.41, 5.74) is 2.98. The number of rotatable bonds is 5. The molecule has 2 heterocycles. The number of amides is 3. The van der Waals surface area contributed by atoms with Crippen LogP contribution in [0.15, 0.2) is 79.0 Å². The van der Waals surface area contributed by atoms with E-state index in [1.807, 2.05) is 77.7 Å². The van der Waals surface area contributed by atoms with Gasteiger partial charge >= 0.3 is 6.03 Å². The van der Waals surface area contributed by atoms with Crippen molar-refractivity contribution >= 4 is 17.6 Å². The SMILES string of the molecule is O=C(NCC1CCCCN1C(=O)c1ccccc1-c1ccccn1)Nc1ccccc1. The average molecular weight is 415 g/mol. The van der Waals surface area contributed by atoms with Gasteiger partial charge in [-0.25, -0.2) is 4.79 Å². The van der Waals surface area contributed by atoms with Crippen molar-refractivity contribution in [3.63, 3.8) is 0 Å². The van der Waals surface area contributed by atoms with Crippen molar-refractivity contribution in [3.05, 3.63) is 84.6 Å². The number of likely N-dealkylation sites (tertiary alicyclic amines) is 1. The molecule has 1 aliphatic rings. The van der Waals surface area contributed by atoms with E-state index in [1.54, 1.807) is 6.20 Å². The van der Waals surface area contributed by atoms with E-state index >= 15 is 0 Å². The molecule has 31 heavy (non-hydrogen) atoms. The molecule has 1 aromatic heterocycles. The van der Waals surface area contributed by atoms with E-state index < -0.39 is 0 Å². The molecule has 1 unspecified atom stereocenters. The van der Waals surface area contributed by atoms with Gasteiger partial charge in [0.2, 0.25) is 0 Å². The van der Waals surface area contributed by atoms with E-state index in [9.17, 15) is 9.59 Å². The fraction of sp³-hybridized carbons (Fsp3) is 0.240. The third-order valence-electron chi connectivity index (χ3n) is 5.52. The highest BCUT2D eigenvalue weighted by Crippen LogP contribution is 2.26. The van der Waals surface area contributed by atoms with Gasteiger partial charge in [0.25, 0.3) is 5.91 Å². The second-order valence-electron chi connectivity index (χ2n) is 7.61. The van der Waals surface area contributed by atoms with Crippen LogP contribution in [0.1, 0.15) is 29.6 Å². The number of urea groups is 1. The van der Waals surface area contributed by atoms with E-state index in [-0.39, 0.29) is 18.0 Å². The van der Waals surface area contributed by atoms with Crippen LogP contribution in [0.25, 0.3) is 11.3 Å². The van der Waals surface area contributed by atoms with Gasteiger partial charge in [-0.1, -0.05) is 42.5 Å². The lowest BCUT2D eigenvalue weighted by Crippen LogP contribution is -2.50. The molecule has 3 aromatic rings. The molecular weight excluding hydrogens is 388 g/mol. The molecule has 6 nitrogen and oxygen atoms in total. The van der Waals surface area contributed by atoms with Crippen LogP contribution in [0.4, 0.5) is 10.5 Å². The topological polar surface area (TPSA) is 74.3 Å². The Morgan fingerprint density at radius 1 is 0.935 bits per heavy atom. The van der Waals surface area contributed by atoms with E-state index in [2.05, 4.69) is 15.6 Å². The normalized spacial score (nSPS) is 15.9. The Morgan fingerprint density at radius 2 is 1.71 bits per heavy atom. The second kappa shape index (κ2) is 9.89. The lowest BCUT2D eigenvalue weighted by Gasteiger charge is -2.36. The third-order valence-corrected chi connectivity index (χ3v) is 5.52. The first kappa shape index (κ1) is 20.6. The number of pyridine rings is 1. The molecule has 1 atom stereocenters. The molecule has 2 N–H and O–H groups in total. The maximum atomic E-state index is 13.5. The quantitative estimate of drug-likeness (QED) is 0.642. The van der Waals surface area contributed by atoms with Gasteiger partial charge in [0.05, 0.1) is 5.69 Å². The van der Waals surface area contributed by atoms with Crippen LogP contribution < -0.4 is 10.6 Å². The predicted molar refractivity (Wildman–Crippen MR) is 122 cm³/mol. The van der Waals surface area contributed by atoms with Gasteiger partial charge in [0, 0.05) is 42.1 Å². The standard InChI is InChI=1S/C25H26N4O2/c30-24(22-14-5-4-13-21(22)23-15-6-8-16-26-23)29-17-9-7-12-20(29)18-27-25(31)28-19-10-2-1-3-11-19/h1-6,8,10-11,13-16,20H,7,9,12,17-18H2,(H2,27,28,31). The maximum absolute atomic E-state index is 13.5. The lowest BCUT2D eigenvalue weighted by atomic mass is 9.98. The van der Waals surface area contributed by atoms with Crippen molar-refractivity contribution in [1.82, 2.24) is 15.2 Å². The van der Waals surface area contributed by atoms with Crippen molar-refractivity contribution in [3.8, 4) is 11.3 Å². The molecule has 158 valence electrons. The minimum absolute atomic E-state index is 0.0174. The number of anilines is 1. The Kier molecular flexibility index (Phi) is 6.57. The number of aromatic nitrogens is 1. The molecule has 0 bridgehead atoms. The van der Waals surface area contributed by atoms with Gasteiger partial charge < -0.3 is 15.5 Å². The summed E-state index contributed by atoms with van der Waals surface area (Å²) in [6.07, 6.45) is 4.60. The monoisotopic (exact) mass is 414 g/mol. The average Bonchev–Trinajstić information content (AvgIpc) is 2.84. The van der Waals surface area contributed by atoms with Crippen LogP contribution in [0.2, 0.25) is 0 Å². The molecule has 1 aliphatic heterocycles. The van der Waals surface area contributed by atoms with E-state index in [1.165, 1.54) is 0 Å². The first-order valence-corrected chi connectivity index (χ1v) is 10.6. The summed E-state index contributed by atoms with van der Waals surface area (Å²) in [6.45, 7) is 1.10. The van der Waals surface area contributed by atoms with Crippen molar-refractivity contribution in [2.24, 2.45) is 0 Å². The number of hydrogen-bond acceptors (Lipinski definition) is 3. The molecule has 6 heteroatoms. The largest absolute Gasteiger partial charge is 0.336 e. The van der Waals surface area contributed by atoms with E-state index in [4.69, 9.17) is 0 Å². The maximum Gasteiger partial charge on any atom is 0.319 e. The number of carbonyl (C=O) groups is 2. The minimum atomic E-state index is -0.266. The molecule has 2 aromatic carbocycles. The number of para-hydroxylation sites is 1. The Balaban J connectivity index is 1.47. The summed E-state index contributed by atoms with van der Waals surface area (Å²) < 4.78 is 0. The fourth-order valence-electron chi connectivity index (χ4n) is 3.96. The van der Waals surface area contributed by atoms with Crippen molar-refractivity contribution in [1.29, 1.82) is 0 Å². The molecule has 3 amide bonds. The van der Waals surface area contributed by atoms with Crippen LogP contribution in [-0.4, -0.2) is 41.0 Å². The molecule has 4 rings (SSSR count). The summed E-state index contributed by atoms with van der Waals surface area (Å²) in [7, 11) is 0. The number of carbonyl (C=O) groups excluding carboxylic acids is 2. The molecular formula is C25H26N4O2. The highest BCUT2D eigenvalue weighted by atomic mass is 16.2. The van der Waals surface area contributed by atoms with Crippen molar-refractivity contribution < 1.29 is 9.59 Å². The smallest absolute Gasteiger partial charge is 0.319 e. The molecule has 1 saturated heterocycles. The van der Waals surface area contributed by atoms with Crippen LogP contribution >= 0.6 is 0 Å². The van der Waals surface area contributed by atoms with Crippen molar-refractivity contribution in [2.45, 2.75) is 25.3 Å². The second-order valence-corrected chi connectivity index (χ2v) is 7.61. The first-order chi connectivity index (χ1) is 15.2. The van der Waals surface area contributed by atoms with Crippen LogP contribution in [0, 0.1) is 0 Å². The number of benzene rings is 2.